The molecule has 0 radical (unpaired) electrons. The molecule has 0 saturated carbocycles. The Bertz CT molecular complexity index is 633. The van der Waals surface area contributed by atoms with Crippen LogP contribution in [0.5, 0.6) is 0 Å². The van der Waals surface area contributed by atoms with Crippen molar-refractivity contribution in [1.82, 2.24) is 14.9 Å². The molecule has 6 nitrogen and oxygen atoms in total. The zero-order valence-electron chi connectivity index (χ0n) is 15.1. The van der Waals surface area contributed by atoms with Gasteiger partial charge in [-0.3, -0.25) is 4.99 Å². The lowest BCUT2D eigenvalue weighted by Gasteiger charge is -2.22. The minimum absolute atomic E-state index is 0. The molecule has 0 aliphatic carbocycles. The highest BCUT2D eigenvalue weighted by Gasteiger charge is 2.25. The van der Waals surface area contributed by atoms with Gasteiger partial charge in [0.25, 0.3) is 0 Å². The maximum absolute atomic E-state index is 12.0. The lowest BCUT2D eigenvalue weighted by molar-refractivity contribution is 0.404. The number of hydrogen-bond donors (Lipinski definition) is 2. The molecular formula is C16H29IN4O2S2. The molecule has 0 spiro atoms. The summed E-state index contributed by atoms with van der Waals surface area (Å²) in [5.41, 5.74) is 0. The third kappa shape index (κ3) is 7.03. The summed E-state index contributed by atoms with van der Waals surface area (Å²) in [6, 6.07) is 3.35. The standard InChI is InChI=1S/C16H28N4O2S2.HI/c1-13(2)11-14-6-9-20(12-14)16(17-3)18-7-8-19-24(21,22)15-5-4-10-23-15;/h4-5,10,13-14,19H,6-9,11-12H2,1-3H3,(H,17,18);1H. The zero-order chi connectivity index (χ0) is 17.6. The second-order valence-corrected chi connectivity index (χ2v) is 9.48. The van der Waals surface area contributed by atoms with Crippen molar-refractivity contribution in [3.8, 4) is 0 Å². The normalized spacial score (nSPS) is 18.5. The first-order valence-electron chi connectivity index (χ1n) is 8.41. The third-order valence-corrected chi connectivity index (χ3v) is 6.92. The highest BCUT2D eigenvalue weighted by atomic mass is 127. The summed E-state index contributed by atoms with van der Waals surface area (Å²) in [7, 11) is -1.62. The molecule has 1 fully saturated rings. The number of likely N-dealkylation sites (tertiary alicyclic amines) is 1. The summed E-state index contributed by atoms with van der Waals surface area (Å²) in [5, 5.41) is 5.02. The van der Waals surface area contributed by atoms with Crippen LogP contribution in [0.15, 0.2) is 26.7 Å². The van der Waals surface area contributed by atoms with E-state index in [9.17, 15) is 8.42 Å². The molecule has 1 aliphatic heterocycles. The fourth-order valence-electron chi connectivity index (χ4n) is 3.06. The monoisotopic (exact) mass is 500 g/mol. The van der Waals surface area contributed by atoms with Crippen LogP contribution < -0.4 is 10.0 Å². The van der Waals surface area contributed by atoms with Gasteiger partial charge in [0.1, 0.15) is 4.21 Å². The summed E-state index contributed by atoms with van der Waals surface area (Å²) in [4.78, 5) is 6.59. The van der Waals surface area contributed by atoms with Crippen LogP contribution in [0.3, 0.4) is 0 Å². The second kappa shape index (κ2) is 10.7. The van der Waals surface area contributed by atoms with Crippen LogP contribution in [0.4, 0.5) is 0 Å². The molecule has 25 heavy (non-hydrogen) atoms. The molecule has 0 amide bonds. The number of hydrogen-bond acceptors (Lipinski definition) is 4. The number of aliphatic imine (C=N–C) groups is 1. The molecule has 1 aromatic heterocycles. The quantitative estimate of drug-likeness (QED) is 0.261. The SMILES string of the molecule is CN=C(NCCNS(=O)(=O)c1cccs1)N1CCC(CC(C)C)C1.I. The van der Waals surface area contributed by atoms with Gasteiger partial charge < -0.3 is 10.2 Å². The van der Waals surface area contributed by atoms with Crippen molar-refractivity contribution in [3.05, 3.63) is 17.5 Å². The van der Waals surface area contributed by atoms with E-state index in [0.29, 0.717) is 17.3 Å². The Kier molecular flexibility index (Phi) is 9.68. The van der Waals surface area contributed by atoms with Crippen LogP contribution in [-0.2, 0) is 10.0 Å². The molecule has 1 aliphatic rings. The molecule has 0 bridgehead atoms. The number of sulfonamides is 1. The summed E-state index contributed by atoms with van der Waals surface area (Å²) in [6.07, 6.45) is 2.44. The summed E-state index contributed by atoms with van der Waals surface area (Å²) >= 11 is 1.22. The molecule has 2 heterocycles. The van der Waals surface area contributed by atoms with Gasteiger partial charge in [-0.1, -0.05) is 19.9 Å². The van der Waals surface area contributed by atoms with E-state index in [2.05, 4.69) is 33.8 Å². The van der Waals surface area contributed by atoms with E-state index in [1.54, 1.807) is 24.6 Å². The van der Waals surface area contributed by atoms with Gasteiger partial charge in [-0.25, -0.2) is 13.1 Å². The Hall–Kier alpha value is -0.390. The molecule has 1 atom stereocenters. The third-order valence-electron chi connectivity index (χ3n) is 4.06. The fraction of sp³-hybridized carbons (Fsp3) is 0.688. The van der Waals surface area contributed by atoms with E-state index in [0.717, 1.165) is 30.9 Å². The first-order valence-corrected chi connectivity index (χ1v) is 10.8. The van der Waals surface area contributed by atoms with Gasteiger partial charge in [0.15, 0.2) is 5.96 Å². The molecule has 0 aromatic carbocycles. The Morgan fingerprint density at radius 1 is 1.44 bits per heavy atom. The van der Waals surface area contributed by atoms with Gasteiger partial charge in [-0.15, -0.1) is 35.3 Å². The summed E-state index contributed by atoms with van der Waals surface area (Å²) in [6.45, 7) is 7.41. The smallest absolute Gasteiger partial charge is 0.250 e. The van der Waals surface area contributed by atoms with Gasteiger partial charge in [0.2, 0.25) is 10.0 Å². The number of rotatable bonds is 7. The predicted molar refractivity (Wildman–Crippen MR) is 115 cm³/mol. The number of thiophene rings is 1. The Balaban J connectivity index is 0.00000312. The van der Waals surface area contributed by atoms with Crippen molar-refractivity contribution >= 4 is 51.3 Å². The van der Waals surface area contributed by atoms with Crippen LogP contribution in [-0.4, -0.2) is 52.5 Å². The minimum Gasteiger partial charge on any atom is -0.355 e. The van der Waals surface area contributed by atoms with Gasteiger partial charge in [-0.2, -0.15) is 0 Å². The van der Waals surface area contributed by atoms with Crippen molar-refractivity contribution in [3.63, 3.8) is 0 Å². The molecule has 144 valence electrons. The Labute approximate surface area is 172 Å². The lowest BCUT2D eigenvalue weighted by atomic mass is 9.97. The van der Waals surface area contributed by atoms with E-state index < -0.39 is 10.0 Å². The Morgan fingerprint density at radius 3 is 2.80 bits per heavy atom. The highest BCUT2D eigenvalue weighted by Crippen LogP contribution is 2.23. The molecule has 1 aromatic rings. The molecule has 1 unspecified atom stereocenters. The van der Waals surface area contributed by atoms with Gasteiger partial charge in [0, 0.05) is 33.2 Å². The van der Waals surface area contributed by atoms with Crippen LogP contribution in [0.2, 0.25) is 0 Å². The van der Waals surface area contributed by atoms with Crippen molar-refractivity contribution in [2.45, 2.75) is 30.9 Å². The first kappa shape index (κ1) is 22.7. The average molecular weight is 500 g/mol. The average Bonchev–Trinajstić information content (AvgIpc) is 3.18. The van der Waals surface area contributed by atoms with Crippen molar-refractivity contribution in [2.24, 2.45) is 16.8 Å². The van der Waals surface area contributed by atoms with E-state index in [1.807, 2.05) is 0 Å². The maximum Gasteiger partial charge on any atom is 0.250 e. The number of nitrogens with zero attached hydrogens (tertiary/aromatic N) is 2. The highest BCUT2D eigenvalue weighted by molar-refractivity contribution is 14.0. The predicted octanol–water partition coefficient (Wildman–Crippen LogP) is 2.59. The maximum atomic E-state index is 12.0. The number of nitrogens with one attached hydrogen (secondary N) is 2. The van der Waals surface area contributed by atoms with Gasteiger partial charge in [0.05, 0.1) is 0 Å². The van der Waals surface area contributed by atoms with Crippen molar-refractivity contribution in [1.29, 1.82) is 0 Å². The van der Waals surface area contributed by atoms with E-state index >= 15 is 0 Å². The van der Waals surface area contributed by atoms with Crippen molar-refractivity contribution < 1.29 is 8.42 Å². The molecule has 2 rings (SSSR count). The van der Waals surface area contributed by atoms with E-state index in [1.165, 1.54) is 24.2 Å². The molecule has 1 saturated heterocycles. The largest absolute Gasteiger partial charge is 0.355 e. The van der Waals surface area contributed by atoms with Crippen LogP contribution in [0, 0.1) is 11.8 Å². The van der Waals surface area contributed by atoms with E-state index in [-0.39, 0.29) is 24.0 Å². The fourth-order valence-corrected chi connectivity index (χ4v) is 5.13. The number of halogens is 1. The van der Waals surface area contributed by atoms with Crippen LogP contribution in [0.25, 0.3) is 0 Å². The number of guanidine groups is 1. The molecular weight excluding hydrogens is 471 g/mol. The van der Waals surface area contributed by atoms with Crippen LogP contribution >= 0.6 is 35.3 Å². The van der Waals surface area contributed by atoms with Gasteiger partial charge >= 0.3 is 0 Å². The van der Waals surface area contributed by atoms with Gasteiger partial charge in [-0.05, 0) is 36.1 Å². The van der Waals surface area contributed by atoms with Crippen molar-refractivity contribution in [2.75, 3.05) is 33.2 Å². The second-order valence-electron chi connectivity index (χ2n) is 6.53. The summed E-state index contributed by atoms with van der Waals surface area (Å²) < 4.78 is 27.0. The minimum atomic E-state index is -3.39. The van der Waals surface area contributed by atoms with E-state index in [4.69, 9.17) is 0 Å². The van der Waals surface area contributed by atoms with Crippen LogP contribution in [0.1, 0.15) is 26.7 Å². The zero-order valence-corrected chi connectivity index (χ0v) is 19.0. The first-order chi connectivity index (χ1) is 11.4. The lowest BCUT2D eigenvalue weighted by Crippen LogP contribution is -2.43. The topological polar surface area (TPSA) is 73.8 Å². The Morgan fingerprint density at radius 2 is 2.20 bits per heavy atom. The molecule has 9 heteroatoms. The summed E-state index contributed by atoms with van der Waals surface area (Å²) in [5.74, 6) is 2.30. The molecule has 2 N–H and O–H groups in total.